The van der Waals surface area contributed by atoms with E-state index in [-0.39, 0.29) is 0 Å². The maximum Gasteiger partial charge on any atom is 0.0545 e. The van der Waals surface area contributed by atoms with Crippen molar-refractivity contribution in [2.45, 2.75) is 30.5 Å². The van der Waals surface area contributed by atoms with Crippen LogP contribution in [0.4, 0.5) is 0 Å². The summed E-state index contributed by atoms with van der Waals surface area (Å²) in [6, 6.07) is 6.25. The smallest absolute Gasteiger partial charge is 0.0545 e. The molecule has 0 aromatic heterocycles. The lowest BCUT2D eigenvalue weighted by Crippen LogP contribution is -2.04. The molecule has 1 aromatic rings. The fourth-order valence-corrected chi connectivity index (χ4v) is 2.37. The first-order valence-corrected chi connectivity index (χ1v) is 5.99. The lowest BCUT2D eigenvalue weighted by molar-refractivity contribution is 0.817. The van der Waals surface area contributed by atoms with Crippen LogP contribution in [-0.4, -0.2) is 12.3 Å². The Morgan fingerprint density at radius 1 is 1.43 bits per heavy atom. The van der Waals surface area contributed by atoms with E-state index in [0.29, 0.717) is 5.25 Å². The van der Waals surface area contributed by atoms with Crippen LogP contribution in [0.3, 0.4) is 0 Å². The molecule has 0 aliphatic heterocycles. The minimum atomic E-state index is 0.572. The third kappa shape index (κ3) is 3.52. The molecule has 3 heteroatoms. The van der Waals surface area contributed by atoms with Crippen molar-refractivity contribution < 1.29 is 0 Å². The second-order valence-electron chi connectivity index (χ2n) is 3.46. The summed E-state index contributed by atoms with van der Waals surface area (Å²) in [6.07, 6.45) is 0. The number of thioether (sulfide) groups is 1. The number of nitrogens with one attached hydrogen (secondary N) is 1. The fraction of sp³-hybridized carbons (Fsp3) is 0.455. The quantitative estimate of drug-likeness (QED) is 0.793. The zero-order chi connectivity index (χ0) is 10.6. The van der Waals surface area contributed by atoms with E-state index in [1.54, 1.807) is 11.8 Å². The van der Waals surface area contributed by atoms with Gasteiger partial charge >= 0.3 is 0 Å². The number of halogens is 1. The van der Waals surface area contributed by atoms with E-state index >= 15 is 0 Å². The third-order valence-corrected chi connectivity index (χ3v) is 3.25. The van der Waals surface area contributed by atoms with Gasteiger partial charge in [0.1, 0.15) is 0 Å². The summed E-state index contributed by atoms with van der Waals surface area (Å²) in [5.74, 6) is 0. The van der Waals surface area contributed by atoms with E-state index < -0.39 is 0 Å². The van der Waals surface area contributed by atoms with E-state index in [4.69, 9.17) is 11.6 Å². The van der Waals surface area contributed by atoms with Crippen LogP contribution in [0, 0.1) is 0 Å². The van der Waals surface area contributed by atoms with E-state index in [1.165, 1.54) is 10.5 Å². The molecule has 0 bridgehead atoms. The third-order valence-electron chi connectivity index (χ3n) is 1.74. The number of rotatable bonds is 4. The number of hydrogen-bond acceptors (Lipinski definition) is 2. The Balaban J connectivity index is 2.79. The SMILES string of the molecule is CNCc1ccc(SC(C)C)c(Cl)c1. The van der Waals surface area contributed by atoms with Gasteiger partial charge in [-0.2, -0.15) is 0 Å². The van der Waals surface area contributed by atoms with Crippen molar-refractivity contribution in [3.05, 3.63) is 28.8 Å². The zero-order valence-electron chi connectivity index (χ0n) is 8.80. The van der Waals surface area contributed by atoms with Crippen molar-refractivity contribution in [3.8, 4) is 0 Å². The lowest BCUT2D eigenvalue weighted by atomic mass is 10.2. The first-order chi connectivity index (χ1) is 6.63. The minimum absolute atomic E-state index is 0.572. The van der Waals surface area contributed by atoms with Crippen molar-refractivity contribution in [2.24, 2.45) is 0 Å². The van der Waals surface area contributed by atoms with Gasteiger partial charge in [-0.15, -0.1) is 11.8 Å². The van der Waals surface area contributed by atoms with Crippen LogP contribution in [0.25, 0.3) is 0 Å². The molecule has 0 saturated carbocycles. The van der Waals surface area contributed by atoms with Crippen LogP contribution < -0.4 is 5.32 Å². The standard InChI is InChI=1S/C11H16ClNS/c1-8(2)14-11-5-4-9(7-13-3)6-10(11)12/h4-6,8,13H,7H2,1-3H3. The van der Waals surface area contributed by atoms with Crippen LogP contribution in [0.15, 0.2) is 23.1 Å². The second-order valence-corrected chi connectivity index (χ2v) is 5.49. The summed E-state index contributed by atoms with van der Waals surface area (Å²) in [6.45, 7) is 5.21. The molecule has 0 atom stereocenters. The molecular formula is C11H16ClNS. The Morgan fingerprint density at radius 3 is 2.64 bits per heavy atom. The van der Waals surface area contributed by atoms with Gasteiger partial charge in [0.2, 0.25) is 0 Å². The Morgan fingerprint density at radius 2 is 2.14 bits per heavy atom. The van der Waals surface area contributed by atoms with Crippen molar-refractivity contribution >= 4 is 23.4 Å². The average molecular weight is 230 g/mol. The van der Waals surface area contributed by atoms with Gasteiger partial charge in [0.05, 0.1) is 5.02 Å². The predicted octanol–water partition coefficient (Wildman–Crippen LogP) is 3.56. The van der Waals surface area contributed by atoms with Crippen LogP contribution in [0.2, 0.25) is 5.02 Å². The maximum absolute atomic E-state index is 6.16. The van der Waals surface area contributed by atoms with Gasteiger partial charge in [-0.25, -0.2) is 0 Å². The highest BCUT2D eigenvalue weighted by atomic mass is 35.5. The monoisotopic (exact) mass is 229 g/mol. The van der Waals surface area contributed by atoms with Crippen LogP contribution in [0.5, 0.6) is 0 Å². The van der Waals surface area contributed by atoms with Crippen molar-refractivity contribution in [1.82, 2.24) is 5.32 Å². The van der Waals surface area contributed by atoms with Gasteiger partial charge in [-0.1, -0.05) is 31.5 Å². The topological polar surface area (TPSA) is 12.0 Å². The summed E-state index contributed by atoms with van der Waals surface area (Å²) >= 11 is 7.96. The Hall–Kier alpha value is -0.180. The highest BCUT2D eigenvalue weighted by molar-refractivity contribution is 8.00. The van der Waals surface area contributed by atoms with E-state index in [2.05, 4.69) is 31.3 Å². The Bertz CT molecular complexity index is 299. The molecule has 0 amide bonds. The summed E-state index contributed by atoms with van der Waals surface area (Å²) < 4.78 is 0. The van der Waals surface area contributed by atoms with Gasteiger partial charge in [0.25, 0.3) is 0 Å². The molecule has 0 radical (unpaired) electrons. The first kappa shape index (κ1) is 11.9. The highest BCUT2D eigenvalue weighted by Gasteiger charge is 2.04. The van der Waals surface area contributed by atoms with Crippen molar-refractivity contribution in [1.29, 1.82) is 0 Å². The zero-order valence-corrected chi connectivity index (χ0v) is 10.4. The van der Waals surface area contributed by atoms with E-state index in [9.17, 15) is 0 Å². The molecule has 0 aliphatic rings. The molecule has 1 aromatic carbocycles. The molecule has 0 heterocycles. The number of hydrogen-bond donors (Lipinski definition) is 1. The highest BCUT2D eigenvalue weighted by Crippen LogP contribution is 2.30. The number of benzene rings is 1. The fourth-order valence-electron chi connectivity index (χ4n) is 1.21. The Labute approximate surface area is 95.2 Å². The van der Waals surface area contributed by atoms with Gasteiger partial charge in [0.15, 0.2) is 0 Å². The van der Waals surface area contributed by atoms with Crippen molar-refractivity contribution in [2.75, 3.05) is 7.05 Å². The minimum Gasteiger partial charge on any atom is -0.316 e. The van der Waals surface area contributed by atoms with Crippen LogP contribution >= 0.6 is 23.4 Å². The lowest BCUT2D eigenvalue weighted by Gasteiger charge is -2.08. The van der Waals surface area contributed by atoms with Gasteiger partial charge in [0, 0.05) is 16.7 Å². The summed E-state index contributed by atoms with van der Waals surface area (Å²) in [4.78, 5) is 1.17. The first-order valence-electron chi connectivity index (χ1n) is 4.73. The molecule has 1 rings (SSSR count). The maximum atomic E-state index is 6.16. The molecule has 0 spiro atoms. The van der Waals surface area contributed by atoms with Gasteiger partial charge in [-0.3, -0.25) is 0 Å². The second kappa shape index (κ2) is 5.64. The molecule has 0 fully saturated rings. The van der Waals surface area contributed by atoms with Crippen molar-refractivity contribution in [3.63, 3.8) is 0 Å². The molecular weight excluding hydrogens is 214 g/mol. The normalized spacial score (nSPS) is 10.9. The summed E-state index contributed by atoms with van der Waals surface area (Å²) in [5.41, 5.74) is 1.23. The van der Waals surface area contributed by atoms with E-state index in [0.717, 1.165) is 11.6 Å². The van der Waals surface area contributed by atoms with Gasteiger partial charge < -0.3 is 5.32 Å². The molecule has 1 N–H and O–H groups in total. The molecule has 0 unspecified atom stereocenters. The summed E-state index contributed by atoms with van der Waals surface area (Å²) in [7, 11) is 1.94. The molecule has 78 valence electrons. The molecule has 14 heavy (non-hydrogen) atoms. The van der Waals surface area contributed by atoms with Crippen LogP contribution in [-0.2, 0) is 6.54 Å². The Kier molecular flexibility index (Phi) is 4.79. The molecule has 0 saturated heterocycles. The van der Waals surface area contributed by atoms with Gasteiger partial charge in [-0.05, 0) is 24.7 Å². The van der Waals surface area contributed by atoms with Crippen LogP contribution in [0.1, 0.15) is 19.4 Å². The predicted molar refractivity (Wildman–Crippen MR) is 65.2 cm³/mol. The van der Waals surface area contributed by atoms with E-state index in [1.807, 2.05) is 13.1 Å². The molecule has 0 aliphatic carbocycles. The molecule has 1 nitrogen and oxygen atoms in total. The largest absolute Gasteiger partial charge is 0.316 e. The average Bonchev–Trinajstić information content (AvgIpc) is 2.10. The summed E-state index contributed by atoms with van der Waals surface area (Å²) in [5, 5.41) is 4.54.